The highest BCUT2D eigenvalue weighted by Crippen LogP contribution is 2.23. The second kappa shape index (κ2) is 6.99. The summed E-state index contributed by atoms with van der Waals surface area (Å²) in [4.78, 5) is 12.5. The molecule has 1 N–H and O–H groups in total. The average Bonchev–Trinajstić information content (AvgIpc) is 2.23. The van der Waals surface area contributed by atoms with Crippen LogP contribution in [0.25, 0.3) is 0 Å². The Morgan fingerprint density at radius 2 is 2.24 bits per heavy atom. The van der Waals surface area contributed by atoms with Gasteiger partial charge in [0, 0.05) is 17.4 Å². The summed E-state index contributed by atoms with van der Waals surface area (Å²) in [5.74, 6) is -0.743. The number of rotatable bonds is 6. The van der Waals surface area contributed by atoms with E-state index in [0.717, 1.165) is 23.1 Å². The van der Waals surface area contributed by atoms with E-state index in [1.54, 1.807) is 0 Å². The van der Waals surface area contributed by atoms with Crippen LogP contribution in [0.5, 0.6) is 0 Å². The molecule has 0 unspecified atom stereocenters. The fourth-order valence-electron chi connectivity index (χ4n) is 1.53. The topological polar surface area (TPSA) is 40.5 Å². The van der Waals surface area contributed by atoms with Crippen molar-refractivity contribution >= 4 is 33.5 Å². The molecule has 1 aromatic rings. The van der Waals surface area contributed by atoms with Crippen LogP contribution in [0.4, 0.5) is 0 Å². The molecule has 0 fully saturated rings. The standard InChI is InChI=1S/C12H15BrClNO2/c1-15(6-2-3-12(16)17)8-9-4-5-11(14)10(13)7-9/h4-5,7H,2-3,6,8H2,1H3,(H,16,17). The van der Waals surface area contributed by atoms with Crippen molar-refractivity contribution in [2.75, 3.05) is 13.6 Å². The van der Waals surface area contributed by atoms with Gasteiger partial charge < -0.3 is 10.0 Å². The summed E-state index contributed by atoms with van der Waals surface area (Å²) in [6, 6.07) is 5.81. The van der Waals surface area contributed by atoms with E-state index in [9.17, 15) is 4.79 Å². The predicted molar refractivity (Wildman–Crippen MR) is 72.4 cm³/mol. The Morgan fingerprint density at radius 3 is 2.82 bits per heavy atom. The van der Waals surface area contributed by atoms with E-state index in [1.165, 1.54) is 0 Å². The minimum absolute atomic E-state index is 0.217. The van der Waals surface area contributed by atoms with Gasteiger partial charge in [-0.15, -0.1) is 0 Å². The third-order valence-corrected chi connectivity index (χ3v) is 3.58. The molecule has 0 aromatic heterocycles. The van der Waals surface area contributed by atoms with Crippen molar-refractivity contribution in [2.24, 2.45) is 0 Å². The fraction of sp³-hybridized carbons (Fsp3) is 0.417. The smallest absolute Gasteiger partial charge is 0.303 e. The highest BCUT2D eigenvalue weighted by molar-refractivity contribution is 9.10. The van der Waals surface area contributed by atoms with Crippen LogP contribution in [0.15, 0.2) is 22.7 Å². The molecule has 0 aliphatic carbocycles. The molecule has 0 atom stereocenters. The Bertz CT molecular complexity index is 398. The molecule has 3 nitrogen and oxygen atoms in total. The normalized spacial score (nSPS) is 10.8. The molecule has 17 heavy (non-hydrogen) atoms. The number of carboxylic acids is 1. The van der Waals surface area contributed by atoms with E-state index in [4.69, 9.17) is 16.7 Å². The Morgan fingerprint density at radius 1 is 1.53 bits per heavy atom. The van der Waals surface area contributed by atoms with Crippen molar-refractivity contribution in [3.05, 3.63) is 33.3 Å². The summed E-state index contributed by atoms with van der Waals surface area (Å²) in [6.45, 7) is 1.56. The van der Waals surface area contributed by atoms with Crippen molar-refractivity contribution in [2.45, 2.75) is 19.4 Å². The van der Waals surface area contributed by atoms with Crippen LogP contribution in [-0.4, -0.2) is 29.6 Å². The number of hydrogen-bond acceptors (Lipinski definition) is 2. The monoisotopic (exact) mass is 319 g/mol. The minimum atomic E-state index is -0.743. The Labute approximate surface area is 115 Å². The Balaban J connectivity index is 2.42. The van der Waals surface area contributed by atoms with E-state index in [1.807, 2.05) is 25.2 Å². The Hall–Kier alpha value is -0.580. The third-order valence-electron chi connectivity index (χ3n) is 2.37. The number of nitrogens with zero attached hydrogens (tertiary/aromatic N) is 1. The van der Waals surface area contributed by atoms with Crippen molar-refractivity contribution in [1.29, 1.82) is 0 Å². The van der Waals surface area contributed by atoms with Gasteiger partial charge in [-0.1, -0.05) is 17.7 Å². The summed E-state index contributed by atoms with van der Waals surface area (Å²) in [7, 11) is 1.98. The molecule has 0 amide bonds. The van der Waals surface area contributed by atoms with Gasteiger partial charge in [0.2, 0.25) is 0 Å². The summed E-state index contributed by atoms with van der Waals surface area (Å²) in [5, 5.41) is 9.24. The van der Waals surface area contributed by atoms with E-state index in [2.05, 4.69) is 20.8 Å². The maximum Gasteiger partial charge on any atom is 0.303 e. The van der Waals surface area contributed by atoms with Crippen LogP contribution in [-0.2, 0) is 11.3 Å². The summed E-state index contributed by atoms with van der Waals surface area (Å²) in [5.41, 5.74) is 1.15. The Kier molecular flexibility index (Phi) is 5.95. The molecule has 0 radical (unpaired) electrons. The molecule has 0 bridgehead atoms. The average molecular weight is 321 g/mol. The molecule has 5 heteroatoms. The van der Waals surface area contributed by atoms with E-state index in [0.29, 0.717) is 11.4 Å². The first-order valence-electron chi connectivity index (χ1n) is 5.33. The van der Waals surface area contributed by atoms with Gasteiger partial charge in [-0.05, 0) is 53.6 Å². The first-order chi connectivity index (χ1) is 7.99. The second-order valence-corrected chi connectivity index (χ2v) is 5.25. The molecule has 1 aromatic carbocycles. The van der Waals surface area contributed by atoms with Crippen molar-refractivity contribution in [1.82, 2.24) is 4.90 Å². The van der Waals surface area contributed by atoms with Gasteiger partial charge in [-0.3, -0.25) is 4.79 Å². The lowest BCUT2D eigenvalue weighted by Gasteiger charge is -2.16. The van der Waals surface area contributed by atoms with Crippen LogP contribution in [0.3, 0.4) is 0 Å². The van der Waals surface area contributed by atoms with Gasteiger partial charge in [-0.2, -0.15) is 0 Å². The first kappa shape index (κ1) is 14.5. The zero-order valence-electron chi connectivity index (χ0n) is 9.62. The van der Waals surface area contributed by atoms with Crippen LogP contribution < -0.4 is 0 Å². The third kappa shape index (κ3) is 5.52. The fourth-order valence-corrected chi connectivity index (χ4v) is 2.07. The number of carbonyl (C=O) groups is 1. The molecule has 94 valence electrons. The predicted octanol–water partition coefficient (Wildman–Crippen LogP) is 3.40. The van der Waals surface area contributed by atoms with Crippen LogP contribution in [0.1, 0.15) is 18.4 Å². The zero-order valence-corrected chi connectivity index (χ0v) is 12.0. The lowest BCUT2D eigenvalue weighted by molar-refractivity contribution is -0.137. The number of carboxylic acid groups (broad SMARTS) is 1. The highest BCUT2D eigenvalue weighted by atomic mass is 79.9. The molecule has 0 saturated heterocycles. The lowest BCUT2D eigenvalue weighted by Crippen LogP contribution is -2.19. The first-order valence-corrected chi connectivity index (χ1v) is 6.50. The van der Waals surface area contributed by atoms with Crippen LogP contribution in [0.2, 0.25) is 5.02 Å². The van der Waals surface area contributed by atoms with Crippen LogP contribution in [0, 0.1) is 0 Å². The number of halogens is 2. The highest BCUT2D eigenvalue weighted by Gasteiger charge is 2.04. The van der Waals surface area contributed by atoms with Crippen LogP contribution >= 0.6 is 27.5 Å². The van der Waals surface area contributed by atoms with E-state index in [-0.39, 0.29) is 6.42 Å². The van der Waals surface area contributed by atoms with Crippen molar-refractivity contribution in [3.8, 4) is 0 Å². The van der Waals surface area contributed by atoms with Gasteiger partial charge in [0.1, 0.15) is 0 Å². The molecular weight excluding hydrogens is 305 g/mol. The summed E-state index contributed by atoms with van der Waals surface area (Å²) < 4.78 is 0.885. The maximum absolute atomic E-state index is 10.4. The van der Waals surface area contributed by atoms with Gasteiger partial charge in [-0.25, -0.2) is 0 Å². The SMILES string of the molecule is CN(CCCC(=O)O)Cc1ccc(Cl)c(Br)c1. The minimum Gasteiger partial charge on any atom is -0.481 e. The number of aliphatic carboxylic acids is 1. The van der Waals surface area contributed by atoms with Gasteiger partial charge in [0.15, 0.2) is 0 Å². The molecule has 0 spiro atoms. The van der Waals surface area contributed by atoms with E-state index >= 15 is 0 Å². The number of hydrogen-bond donors (Lipinski definition) is 1. The van der Waals surface area contributed by atoms with Gasteiger partial charge >= 0.3 is 5.97 Å². The lowest BCUT2D eigenvalue weighted by atomic mass is 10.2. The zero-order chi connectivity index (χ0) is 12.8. The molecule has 0 aliphatic heterocycles. The molecule has 0 saturated carbocycles. The van der Waals surface area contributed by atoms with E-state index < -0.39 is 5.97 Å². The van der Waals surface area contributed by atoms with Gasteiger partial charge in [0.05, 0.1) is 5.02 Å². The summed E-state index contributed by atoms with van der Waals surface area (Å²) >= 11 is 9.29. The second-order valence-electron chi connectivity index (χ2n) is 3.98. The quantitative estimate of drug-likeness (QED) is 0.873. The van der Waals surface area contributed by atoms with Crippen molar-refractivity contribution in [3.63, 3.8) is 0 Å². The largest absolute Gasteiger partial charge is 0.481 e. The summed E-state index contributed by atoms with van der Waals surface area (Å²) in [6.07, 6.45) is 0.884. The molecule has 0 heterocycles. The molecule has 0 aliphatic rings. The molecule has 1 rings (SSSR count). The molecular formula is C12H15BrClNO2. The van der Waals surface area contributed by atoms with Gasteiger partial charge in [0.25, 0.3) is 0 Å². The number of benzene rings is 1. The van der Waals surface area contributed by atoms with Crippen molar-refractivity contribution < 1.29 is 9.90 Å². The maximum atomic E-state index is 10.4.